The maximum atomic E-state index is 12.2. The van der Waals surface area contributed by atoms with E-state index < -0.39 is 6.61 Å². The topological polar surface area (TPSA) is 64.9 Å². The summed E-state index contributed by atoms with van der Waals surface area (Å²) in [6.07, 6.45) is 3.29. The van der Waals surface area contributed by atoms with E-state index in [0.29, 0.717) is 11.5 Å². The zero-order chi connectivity index (χ0) is 16.4. The summed E-state index contributed by atoms with van der Waals surface area (Å²) in [5.74, 6) is 0.802. The molecule has 6 nitrogen and oxygen atoms in total. The Kier molecular flexibility index (Phi) is 4.05. The van der Waals surface area contributed by atoms with Crippen LogP contribution in [0.15, 0.2) is 36.8 Å². The highest BCUT2D eigenvalue weighted by Crippen LogP contribution is 2.24. The second kappa shape index (κ2) is 6.15. The van der Waals surface area contributed by atoms with Crippen LogP contribution in [0, 0.1) is 0 Å². The standard InChI is InChI=1S/C15H15F2N5O/c1-9(10-3-5-11(6-4-10)23-15(16)17)20-13-12-7-22(2)21-14(12)19-8-18-13/h3-9,15H,1-2H3,(H,18,19,20,21). The predicted molar refractivity (Wildman–Crippen MR) is 81.4 cm³/mol. The van der Waals surface area contributed by atoms with E-state index in [-0.39, 0.29) is 11.8 Å². The Hall–Kier alpha value is -2.77. The number of anilines is 1. The lowest BCUT2D eigenvalue weighted by Crippen LogP contribution is -2.08. The Morgan fingerprint density at radius 3 is 2.61 bits per heavy atom. The maximum absolute atomic E-state index is 12.2. The minimum Gasteiger partial charge on any atom is -0.435 e. The first kappa shape index (κ1) is 15.1. The molecule has 0 saturated heterocycles. The quantitative estimate of drug-likeness (QED) is 0.782. The van der Waals surface area contributed by atoms with Crippen molar-refractivity contribution in [3.63, 3.8) is 0 Å². The molecule has 0 aliphatic carbocycles. The fourth-order valence-corrected chi connectivity index (χ4v) is 2.29. The van der Waals surface area contributed by atoms with Crippen LogP contribution in [0.4, 0.5) is 14.6 Å². The first-order valence-corrected chi connectivity index (χ1v) is 6.98. The molecule has 120 valence electrons. The molecule has 1 unspecified atom stereocenters. The van der Waals surface area contributed by atoms with Crippen molar-refractivity contribution in [3.8, 4) is 5.75 Å². The Morgan fingerprint density at radius 1 is 1.17 bits per heavy atom. The lowest BCUT2D eigenvalue weighted by atomic mass is 10.1. The molecular formula is C15H15F2N5O. The molecule has 8 heteroatoms. The second-order valence-corrected chi connectivity index (χ2v) is 5.08. The van der Waals surface area contributed by atoms with Gasteiger partial charge < -0.3 is 10.1 Å². The van der Waals surface area contributed by atoms with Crippen LogP contribution in [0.3, 0.4) is 0 Å². The highest BCUT2D eigenvalue weighted by atomic mass is 19.3. The molecule has 2 aromatic heterocycles. The first-order valence-electron chi connectivity index (χ1n) is 6.98. The highest BCUT2D eigenvalue weighted by molar-refractivity contribution is 5.85. The van der Waals surface area contributed by atoms with Gasteiger partial charge in [0.25, 0.3) is 0 Å². The number of aryl methyl sites for hydroxylation is 1. The summed E-state index contributed by atoms with van der Waals surface area (Å²) in [6.45, 7) is -0.871. The number of fused-ring (bicyclic) bond motifs is 1. The zero-order valence-electron chi connectivity index (χ0n) is 12.6. The van der Waals surface area contributed by atoms with Crippen molar-refractivity contribution in [1.29, 1.82) is 0 Å². The molecule has 1 N–H and O–H groups in total. The minimum absolute atomic E-state index is 0.0751. The number of nitrogens with zero attached hydrogens (tertiary/aromatic N) is 4. The first-order chi connectivity index (χ1) is 11.0. The fraction of sp³-hybridized carbons (Fsp3) is 0.267. The van der Waals surface area contributed by atoms with Gasteiger partial charge in [-0.2, -0.15) is 13.9 Å². The molecule has 1 aromatic carbocycles. The molecule has 23 heavy (non-hydrogen) atoms. The van der Waals surface area contributed by atoms with Gasteiger partial charge in [-0.1, -0.05) is 12.1 Å². The SMILES string of the molecule is CC(Nc1ncnc2nn(C)cc12)c1ccc(OC(F)F)cc1. The van der Waals surface area contributed by atoms with Gasteiger partial charge in [0.15, 0.2) is 5.65 Å². The van der Waals surface area contributed by atoms with Crippen molar-refractivity contribution in [3.05, 3.63) is 42.4 Å². The van der Waals surface area contributed by atoms with Crippen molar-refractivity contribution in [2.75, 3.05) is 5.32 Å². The normalized spacial score (nSPS) is 12.6. The van der Waals surface area contributed by atoms with Crippen LogP contribution in [-0.4, -0.2) is 26.4 Å². The number of alkyl halides is 2. The molecule has 0 bridgehead atoms. The van der Waals surface area contributed by atoms with Crippen LogP contribution in [0.1, 0.15) is 18.5 Å². The predicted octanol–water partition coefficient (Wildman–Crippen LogP) is 3.14. The molecule has 0 radical (unpaired) electrons. The summed E-state index contributed by atoms with van der Waals surface area (Å²) >= 11 is 0. The van der Waals surface area contributed by atoms with Gasteiger partial charge in [-0.15, -0.1) is 0 Å². The molecule has 0 amide bonds. The van der Waals surface area contributed by atoms with Crippen molar-refractivity contribution >= 4 is 16.9 Å². The van der Waals surface area contributed by atoms with Gasteiger partial charge in [-0.3, -0.25) is 4.68 Å². The summed E-state index contributed by atoms with van der Waals surface area (Å²) in [6, 6.07) is 6.42. The van der Waals surface area contributed by atoms with Gasteiger partial charge >= 0.3 is 6.61 Å². The van der Waals surface area contributed by atoms with Gasteiger partial charge in [0.1, 0.15) is 17.9 Å². The molecule has 0 spiro atoms. The van der Waals surface area contributed by atoms with Crippen molar-refractivity contribution in [2.24, 2.45) is 7.05 Å². The molecular weight excluding hydrogens is 304 g/mol. The number of ether oxygens (including phenoxy) is 1. The van der Waals surface area contributed by atoms with Crippen LogP contribution in [0.5, 0.6) is 5.75 Å². The monoisotopic (exact) mass is 319 g/mol. The van der Waals surface area contributed by atoms with E-state index in [1.54, 1.807) is 16.8 Å². The van der Waals surface area contributed by atoms with Gasteiger partial charge in [-0.05, 0) is 24.6 Å². The van der Waals surface area contributed by atoms with Crippen molar-refractivity contribution in [2.45, 2.75) is 19.6 Å². The van der Waals surface area contributed by atoms with Crippen LogP contribution >= 0.6 is 0 Å². The van der Waals surface area contributed by atoms with E-state index >= 15 is 0 Å². The van der Waals surface area contributed by atoms with Crippen molar-refractivity contribution in [1.82, 2.24) is 19.7 Å². The van der Waals surface area contributed by atoms with Crippen LogP contribution in [-0.2, 0) is 7.05 Å². The number of hydrogen-bond acceptors (Lipinski definition) is 5. The fourth-order valence-electron chi connectivity index (χ4n) is 2.29. The molecule has 0 aliphatic rings. The number of halogens is 2. The summed E-state index contributed by atoms with van der Waals surface area (Å²) in [5.41, 5.74) is 1.53. The third kappa shape index (κ3) is 3.36. The van der Waals surface area contributed by atoms with E-state index in [9.17, 15) is 8.78 Å². The number of benzene rings is 1. The molecule has 0 fully saturated rings. The smallest absolute Gasteiger partial charge is 0.387 e. The van der Waals surface area contributed by atoms with E-state index in [4.69, 9.17) is 0 Å². The largest absolute Gasteiger partial charge is 0.435 e. The number of hydrogen-bond donors (Lipinski definition) is 1. The maximum Gasteiger partial charge on any atom is 0.387 e. The second-order valence-electron chi connectivity index (χ2n) is 5.08. The third-order valence-electron chi connectivity index (χ3n) is 3.39. The Labute approximate surface area is 131 Å². The molecule has 1 atom stereocenters. The summed E-state index contributed by atoms with van der Waals surface area (Å²) < 4.78 is 30.3. The lowest BCUT2D eigenvalue weighted by molar-refractivity contribution is -0.0498. The molecule has 0 aliphatic heterocycles. The number of nitrogens with one attached hydrogen (secondary N) is 1. The minimum atomic E-state index is -2.82. The molecule has 3 aromatic rings. The summed E-state index contributed by atoms with van der Waals surface area (Å²) in [7, 11) is 1.82. The average Bonchev–Trinajstić information content (AvgIpc) is 2.88. The molecule has 2 heterocycles. The van der Waals surface area contributed by atoms with Crippen LogP contribution in [0.25, 0.3) is 11.0 Å². The zero-order valence-corrected chi connectivity index (χ0v) is 12.6. The van der Waals surface area contributed by atoms with Gasteiger partial charge in [-0.25, -0.2) is 9.97 Å². The number of aromatic nitrogens is 4. The lowest BCUT2D eigenvalue weighted by Gasteiger charge is -2.15. The van der Waals surface area contributed by atoms with E-state index in [0.717, 1.165) is 10.9 Å². The summed E-state index contributed by atoms with van der Waals surface area (Å²) in [4.78, 5) is 8.35. The van der Waals surface area contributed by atoms with E-state index in [1.165, 1.54) is 18.5 Å². The van der Waals surface area contributed by atoms with Crippen LogP contribution in [0.2, 0.25) is 0 Å². The number of rotatable bonds is 5. The Bertz CT molecular complexity index is 803. The third-order valence-corrected chi connectivity index (χ3v) is 3.39. The Balaban J connectivity index is 1.79. The molecule has 3 rings (SSSR count). The van der Waals surface area contributed by atoms with Gasteiger partial charge in [0.2, 0.25) is 0 Å². The van der Waals surface area contributed by atoms with E-state index in [1.807, 2.05) is 20.2 Å². The highest BCUT2D eigenvalue weighted by Gasteiger charge is 2.12. The van der Waals surface area contributed by atoms with Gasteiger partial charge in [0, 0.05) is 19.3 Å². The van der Waals surface area contributed by atoms with Crippen molar-refractivity contribution < 1.29 is 13.5 Å². The average molecular weight is 319 g/mol. The Morgan fingerprint density at radius 2 is 1.91 bits per heavy atom. The van der Waals surface area contributed by atoms with Crippen LogP contribution < -0.4 is 10.1 Å². The summed E-state index contributed by atoms with van der Waals surface area (Å²) in [5, 5.41) is 8.33. The van der Waals surface area contributed by atoms with Gasteiger partial charge in [0.05, 0.1) is 5.39 Å². The molecule has 0 saturated carbocycles. The van der Waals surface area contributed by atoms with E-state index in [2.05, 4.69) is 25.1 Å².